The van der Waals surface area contributed by atoms with Crippen molar-refractivity contribution < 1.29 is 15.0 Å². The van der Waals surface area contributed by atoms with Gasteiger partial charge in [-0.25, -0.2) is 0 Å². The van der Waals surface area contributed by atoms with E-state index in [2.05, 4.69) is 0 Å². The number of carbonyl (C=O) groups excluding carboxylic acids is 1. The first-order chi connectivity index (χ1) is 7.29. The van der Waals surface area contributed by atoms with Crippen LogP contribution in [-0.4, -0.2) is 22.6 Å². The van der Waals surface area contributed by atoms with Crippen molar-refractivity contribution in [3.63, 3.8) is 0 Å². The van der Waals surface area contributed by atoms with Gasteiger partial charge in [0.05, 0.1) is 5.56 Å². The molecule has 0 aromatic heterocycles. The van der Waals surface area contributed by atoms with Crippen LogP contribution in [0.15, 0.2) is 12.1 Å². The van der Waals surface area contributed by atoms with Crippen LogP contribution in [0.5, 0.6) is 5.75 Å². The summed E-state index contributed by atoms with van der Waals surface area (Å²) in [6.45, 7) is 7.05. The summed E-state index contributed by atoms with van der Waals surface area (Å²) in [5.41, 5.74) is 1.40. The van der Waals surface area contributed by atoms with Crippen LogP contribution >= 0.6 is 0 Å². The number of aromatic hydroxyl groups is 1. The molecular formula is C13H18O3. The Kier molecular flexibility index (Phi) is 3.38. The number of hydrogen-bond acceptors (Lipinski definition) is 3. The molecule has 0 aliphatic heterocycles. The van der Waals surface area contributed by atoms with Crippen molar-refractivity contribution in [2.24, 2.45) is 0 Å². The van der Waals surface area contributed by atoms with Crippen molar-refractivity contribution in [1.82, 2.24) is 0 Å². The molecule has 3 heteroatoms. The van der Waals surface area contributed by atoms with Crippen LogP contribution in [0.25, 0.3) is 0 Å². The van der Waals surface area contributed by atoms with E-state index in [1.807, 2.05) is 26.8 Å². The molecule has 0 atom stereocenters. The normalized spacial score (nSPS) is 11.6. The summed E-state index contributed by atoms with van der Waals surface area (Å²) in [6.07, 6.45) is 0. The highest BCUT2D eigenvalue weighted by Crippen LogP contribution is 2.34. The zero-order chi connectivity index (χ0) is 12.5. The molecule has 0 saturated carbocycles. The number of benzene rings is 1. The molecule has 1 rings (SSSR count). The van der Waals surface area contributed by atoms with E-state index in [1.165, 1.54) is 0 Å². The molecule has 16 heavy (non-hydrogen) atoms. The number of aliphatic hydroxyl groups is 1. The van der Waals surface area contributed by atoms with Gasteiger partial charge in [-0.05, 0) is 23.5 Å². The Morgan fingerprint density at radius 3 is 2.31 bits per heavy atom. The highest BCUT2D eigenvalue weighted by Gasteiger charge is 2.23. The molecule has 2 N–H and O–H groups in total. The molecule has 0 fully saturated rings. The van der Waals surface area contributed by atoms with E-state index < -0.39 is 12.4 Å². The summed E-state index contributed by atoms with van der Waals surface area (Å²) in [7, 11) is 0. The highest BCUT2D eigenvalue weighted by molar-refractivity contribution is 6.01. The molecule has 0 aliphatic rings. The summed E-state index contributed by atoms with van der Waals surface area (Å²) in [4.78, 5) is 11.5. The number of ketones is 1. The lowest BCUT2D eigenvalue weighted by molar-refractivity contribution is 0.0900. The van der Waals surface area contributed by atoms with Gasteiger partial charge in [-0.15, -0.1) is 0 Å². The molecule has 0 spiro atoms. The Bertz CT molecular complexity index is 414. The molecule has 0 amide bonds. The Morgan fingerprint density at radius 2 is 1.88 bits per heavy atom. The summed E-state index contributed by atoms with van der Waals surface area (Å²) >= 11 is 0. The molecule has 1 aromatic rings. The van der Waals surface area contributed by atoms with Gasteiger partial charge in [0.1, 0.15) is 12.4 Å². The smallest absolute Gasteiger partial charge is 0.192 e. The van der Waals surface area contributed by atoms with Crippen molar-refractivity contribution in [2.45, 2.75) is 33.1 Å². The van der Waals surface area contributed by atoms with Crippen LogP contribution in [0, 0.1) is 6.92 Å². The molecule has 0 unspecified atom stereocenters. The summed E-state index contributed by atoms with van der Waals surface area (Å²) in [6, 6.07) is 3.61. The van der Waals surface area contributed by atoms with Crippen molar-refractivity contribution in [1.29, 1.82) is 0 Å². The van der Waals surface area contributed by atoms with Gasteiger partial charge in [0, 0.05) is 0 Å². The molecule has 0 radical (unpaired) electrons. The second-order valence-corrected chi connectivity index (χ2v) is 4.98. The topological polar surface area (TPSA) is 57.5 Å². The minimum Gasteiger partial charge on any atom is -0.507 e. The van der Waals surface area contributed by atoms with Crippen molar-refractivity contribution in [2.75, 3.05) is 6.61 Å². The number of aryl methyl sites for hydroxylation is 1. The zero-order valence-corrected chi connectivity index (χ0v) is 10.2. The number of phenols is 1. The van der Waals surface area contributed by atoms with Crippen LogP contribution in [0.2, 0.25) is 0 Å². The van der Waals surface area contributed by atoms with Gasteiger partial charge < -0.3 is 10.2 Å². The van der Waals surface area contributed by atoms with Gasteiger partial charge in [0.15, 0.2) is 5.78 Å². The molecule has 88 valence electrons. The predicted molar refractivity (Wildman–Crippen MR) is 63.0 cm³/mol. The first-order valence-corrected chi connectivity index (χ1v) is 5.26. The van der Waals surface area contributed by atoms with Gasteiger partial charge >= 0.3 is 0 Å². The zero-order valence-electron chi connectivity index (χ0n) is 10.2. The maximum atomic E-state index is 11.5. The average Bonchev–Trinajstić information content (AvgIpc) is 2.15. The Balaban J connectivity index is 3.45. The van der Waals surface area contributed by atoms with E-state index in [0.717, 1.165) is 5.56 Å². The molecule has 0 aliphatic carbocycles. The van der Waals surface area contributed by atoms with E-state index >= 15 is 0 Å². The molecule has 3 nitrogen and oxygen atoms in total. The third-order valence-corrected chi connectivity index (χ3v) is 2.62. The number of hydrogen-bond donors (Lipinski definition) is 2. The minimum absolute atomic E-state index is 0.00782. The first-order valence-electron chi connectivity index (χ1n) is 5.26. The highest BCUT2D eigenvalue weighted by atomic mass is 16.3. The summed E-state index contributed by atoms with van der Waals surface area (Å²) in [5, 5.41) is 18.9. The van der Waals surface area contributed by atoms with Crippen LogP contribution in [-0.2, 0) is 5.41 Å². The van der Waals surface area contributed by atoms with E-state index in [0.29, 0.717) is 5.56 Å². The van der Waals surface area contributed by atoms with Gasteiger partial charge in [-0.1, -0.05) is 32.9 Å². The van der Waals surface area contributed by atoms with E-state index in [-0.39, 0.29) is 16.7 Å². The number of Topliss-reactive ketones (excluding diaryl/α,β-unsaturated/α-hetero) is 1. The van der Waals surface area contributed by atoms with Crippen molar-refractivity contribution in [3.8, 4) is 5.75 Å². The fourth-order valence-corrected chi connectivity index (χ4v) is 1.73. The third-order valence-electron chi connectivity index (χ3n) is 2.62. The average molecular weight is 222 g/mol. The second kappa shape index (κ2) is 4.26. The first kappa shape index (κ1) is 12.7. The molecular weight excluding hydrogens is 204 g/mol. The fraction of sp³-hybridized carbons (Fsp3) is 0.462. The number of phenolic OH excluding ortho intramolecular Hbond substituents is 1. The predicted octanol–water partition coefficient (Wildman–Crippen LogP) is 2.17. The van der Waals surface area contributed by atoms with Crippen molar-refractivity contribution >= 4 is 5.78 Å². The Hall–Kier alpha value is -1.35. The SMILES string of the molecule is Cc1ccc(C(C)(C)C)c(O)c1C(=O)CO. The van der Waals surface area contributed by atoms with Gasteiger partial charge in [0.2, 0.25) is 0 Å². The van der Waals surface area contributed by atoms with Crippen LogP contribution in [0.1, 0.15) is 42.3 Å². The standard InChI is InChI=1S/C13H18O3/c1-8-5-6-9(13(2,3)4)12(16)11(8)10(15)7-14/h5-6,14,16H,7H2,1-4H3. The lowest BCUT2D eigenvalue weighted by Crippen LogP contribution is -2.15. The third kappa shape index (κ3) is 2.25. The number of aliphatic hydroxyl groups excluding tert-OH is 1. The summed E-state index contributed by atoms with van der Waals surface area (Å²) in [5.74, 6) is -0.451. The van der Waals surface area contributed by atoms with Crippen molar-refractivity contribution in [3.05, 3.63) is 28.8 Å². The lowest BCUT2D eigenvalue weighted by Gasteiger charge is -2.22. The maximum absolute atomic E-state index is 11.5. The van der Waals surface area contributed by atoms with E-state index in [4.69, 9.17) is 5.11 Å². The molecule has 0 saturated heterocycles. The Morgan fingerprint density at radius 1 is 1.31 bits per heavy atom. The summed E-state index contributed by atoms with van der Waals surface area (Å²) < 4.78 is 0. The lowest BCUT2D eigenvalue weighted by atomic mass is 9.83. The van der Waals surface area contributed by atoms with E-state index in [9.17, 15) is 9.90 Å². The molecule has 1 aromatic carbocycles. The quantitative estimate of drug-likeness (QED) is 0.754. The second-order valence-electron chi connectivity index (χ2n) is 4.98. The van der Waals surface area contributed by atoms with Gasteiger partial charge in [-0.3, -0.25) is 4.79 Å². The molecule has 0 bridgehead atoms. The van der Waals surface area contributed by atoms with Gasteiger partial charge in [-0.2, -0.15) is 0 Å². The Labute approximate surface area is 95.7 Å². The fourth-order valence-electron chi connectivity index (χ4n) is 1.73. The maximum Gasteiger partial charge on any atom is 0.192 e. The number of carbonyl (C=O) groups is 1. The van der Waals surface area contributed by atoms with Gasteiger partial charge in [0.25, 0.3) is 0 Å². The van der Waals surface area contributed by atoms with E-state index in [1.54, 1.807) is 13.0 Å². The monoisotopic (exact) mass is 222 g/mol. The molecule has 0 heterocycles. The van der Waals surface area contributed by atoms with Crippen LogP contribution < -0.4 is 0 Å². The number of rotatable bonds is 2. The minimum atomic E-state index is -0.581. The largest absolute Gasteiger partial charge is 0.507 e. The van der Waals surface area contributed by atoms with Crippen LogP contribution in [0.4, 0.5) is 0 Å². The van der Waals surface area contributed by atoms with Crippen LogP contribution in [0.3, 0.4) is 0 Å².